The molecule has 5 nitrogen and oxygen atoms in total. The van der Waals surface area contributed by atoms with Crippen molar-refractivity contribution >= 4 is 10.0 Å². The van der Waals surface area contributed by atoms with Crippen LogP contribution in [0.25, 0.3) is 0 Å². The molecule has 1 saturated carbocycles. The SMILES string of the molecule is COc1ccc(S(=O)(=O)NC2(CN)CCC(C)CC2)cc1. The second-order valence-electron chi connectivity index (χ2n) is 5.95. The normalized spacial score (nSPS) is 26.5. The second kappa shape index (κ2) is 6.34. The molecule has 0 saturated heterocycles. The van der Waals surface area contributed by atoms with Crippen LogP contribution in [0.3, 0.4) is 0 Å². The topological polar surface area (TPSA) is 81.4 Å². The van der Waals surface area contributed by atoms with Gasteiger partial charge in [0.15, 0.2) is 0 Å². The average Bonchev–Trinajstić information content (AvgIpc) is 2.50. The molecule has 0 unspecified atom stereocenters. The number of sulfonamides is 1. The van der Waals surface area contributed by atoms with Crippen molar-refractivity contribution < 1.29 is 13.2 Å². The highest BCUT2D eigenvalue weighted by Crippen LogP contribution is 2.32. The summed E-state index contributed by atoms with van der Waals surface area (Å²) in [5, 5.41) is 0. The molecule has 0 bridgehead atoms. The van der Waals surface area contributed by atoms with Crippen LogP contribution in [-0.2, 0) is 10.0 Å². The quantitative estimate of drug-likeness (QED) is 0.870. The van der Waals surface area contributed by atoms with Gasteiger partial charge in [-0.15, -0.1) is 0 Å². The molecular formula is C15H24N2O3S. The molecule has 0 aromatic heterocycles. The standard InChI is InChI=1S/C15H24N2O3S/c1-12-7-9-15(11-16,10-8-12)17-21(18,19)14-5-3-13(20-2)4-6-14/h3-6,12,17H,7-11,16H2,1-2H3. The van der Waals surface area contributed by atoms with Gasteiger partial charge in [0.2, 0.25) is 10.0 Å². The van der Waals surface area contributed by atoms with E-state index in [1.165, 1.54) is 0 Å². The van der Waals surface area contributed by atoms with Crippen LogP contribution in [0, 0.1) is 5.92 Å². The van der Waals surface area contributed by atoms with Gasteiger partial charge in [-0.3, -0.25) is 0 Å². The minimum atomic E-state index is -3.56. The number of hydrogen-bond donors (Lipinski definition) is 2. The summed E-state index contributed by atoms with van der Waals surface area (Å²) < 4.78 is 33.0. The van der Waals surface area contributed by atoms with Gasteiger partial charge in [0.05, 0.1) is 12.0 Å². The van der Waals surface area contributed by atoms with Crippen LogP contribution in [0.2, 0.25) is 0 Å². The highest BCUT2D eigenvalue weighted by molar-refractivity contribution is 7.89. The molecule has 3 N–H and O–H groups in total. The summed E-state index contributed by atoms with van der Waals surface area (Å²) >= 11 is 0. The molecule has 21 heavy (non-hydrogen) atoms. The Bertz CT molecular complexity index is 561. The first-order chi connectivity index (χ1) is 9.91. The molecule has 1 aliphatic rings. The van der Waals surface area contributed by atoms with E-state index in [9.17, 15) is 8.42 Å². The lowest BCUT2D eigenvalue weighted by atomic mass is 9.78. The van der Waals surface area contributed by atoms with Crippen LogP contribution < -0.4 is 15.2 Å². The maximum Gasteiger partial charge on any atom is 0.241 e. The summed E-state index contributed by atoms with van der Waals surface area (Å²) in [6.45, 7) is 2.52. The average molecular weight is 312 g/mol. The Morgan fingerprint density at radius 2 is 1.86 bits per heavy atom. The fourth-order valence-corrected chi connectivity index (χ4v) is 4.23. The number of ether oxygens (including phenoxy) is 1. The highest BCUT2D eigenvalue weighted by atomic mass is 32.2. The third-order valence-electron chi connectivity index (χ3n) is 4.34. The van der Waals surface area contributed by atoms with Gasteiger partial charge in [-0.1, -0.05) is 6.92 Å². The summed E-state index contributed by atoms with van der Waals surface area (Å²) in [6, 6.07) is 6.40. The molecule has 118 valence electrons. The third-order valence-corrected chi connectivity index (χ3v) is 5.94. The van der Waals surface area contributed by atoms with Gasteiger partial charge in [-0.05, 0) is 55.9 Å². The van der Waals surface area contributed by atoms with Crippen LogP contribution >= 0.6 is 0 Å². The molecule has 0 atom stereocenters. The molecule has 0 aliphatic heterocycles. The summed E-state index contributed by atoms with van der Waals surface area (Å²) in [5.41, 5.74) is 5.36. The maximum atomic E-state index is 12.5. The van der Waals surface area contributed by atoms with Crippen molar-refractivity contribution in [3.05, 3.63) is 24.3 Å². The summed E-state index contributed by atoms with van der Waals surface area (Å²) in [5.74, 6) is 1.27. The molecule has 6 heteroatoms. The van der Waals surface area contributed by atoms with Gasteiger partial charge in [-0.25, -0.2) is 13.1 Å². The van der Waals surface area contributed by atoms with Gasteiger partial charge < -0.3 is 10.5 Å². The molecule has 0 heterocycles. The van der Waals surface area contributed by atoms with E-state index >= 15 is 0 Å². The first kappa shape index (κ1) is 16.3. The van der Waals surface area contributed by atoms with E-state index in [-0.39, 0.29) is 4.90 Å². The minimum absolute atomic E-state index is 0.245. The lowest BCUT2D eigenvalue weighted by molar-refractivity contribution is 0.231. The zero-order valence-electron chi connectivity index (χ0n) is 12.6. The van der Waals surface area contributed by atoms with Crippen molar-refractivity contribution in [1.29, 1.82) is 0 Å². The van der Waals surface area contributed by atoms with Crippen molar-refractivity contribution in [3.63, 3.8) is 0 Å². The number of methoxy groups -OCH3 is 1. The van der Waals surface area contributed by atoms with E-state index in [0.29, 0.717) is 18.2 Å². The molecule has 0 spiro atoms. The first-order valence-electron chi connectivity index (χ1n) is 7.29. The van der Waals surface area contributed by atoms with Crippen LogP contribution in [0.4, 0.5) is 0 Å². The molecule has 1 aromatic carbocycles. The molecule has 0 radical (unpaired) electrons. The largest absolute Gasteiger partial charge is 0.497 e. The van der Waals surface area contributed by atoms with Crippen molar-refractivity contribution in [1.82, 2.24) is 4.72 Å². The van der Waals surface area contributed by atoms with Crippen molar-refractivity contribution in [3.8, 4) is 5.75 Å². The highest BCUT2D eigenvalue weighted by Gasteiger charge is 2.36. The van der Waals surface area contributed by atoms with E-state index in [1.54, 1.807) is 31.4 Å². The minimum Gasteiger partial charge on any atom is -0.497 e. The van der Waals surface area contributed by atoms with Gasteiger partial charge in [-0.2, -0.15) is 0 Å². The van der Waals surface area contributed by atoms with Crippen molar-refractivity contribution in [2.45, 2.75) is 43.0 Å². The fraction of sp³-hybridized carbons (Fsp3) is 0.600. The van der Waals surface area contributed by atoms with Crippen molar-refractivity contribution in [2.24, 2.45) is 11.7 Å². The van der Waals surface area contributed by atoms with Crippen molar-refractivity contribution in [2.75, 3.05) is 13.7 Å². The van der Waals surface area contributed by atoms with Crippen LogP contribution in [0.5, 0.6) is 5.75 Å². The Hall–Kier alpha value is -1.11. The zero-order chi connectivity index (χ0) is 15.5. The number of nitrogens with two attached hydrogens (primary N) is 1. The van der Waals surface area contributed by atoms with E-state index in [0.717, 1.165) is 25.7 Å². The lowest BCUT2D eigenvalue weighted by Crippen LogP contribution is -2.55. The maximum absolute atomic E-state index is 12.5. The summed E-state index contributed by atoms with van der Waals surface area (Å²) in [4.78, 5) is 0.245. The van der Waals surface area contributed by atoms with E-state index < -0.39 is 15.6 Å². The van der Waals surface area contributed by atoms with E-state index in [4.69, 9.17) is 10.5 Å². The Morgan fingerprint density at radius 3 is 2.33 bits per heavy atom. The molecule has 1 fully saturated rings. The molecule has 1 aliphatic carbocycles. The van der Waals surface area contributed by atoms with E-state index in [1.807, 2.05) is 0 Å². The Kier molecular flexibility index (Phi) is 4.91. The van der Waals surface area contributed by atoms with Gasteiger partial charge >= 0.3 is 0 Å². The third kappa shape index (κ3) is 3.75. The molecule has 0 amide bonds. The zero-order valence-corrected chi connectivity index (χ0v) is 13.4. The van der Waals surface area contributed by atoms with Gasteiger partial charge in [0.1, 0.15) is 5.75 Å². The van der Waals surface area contributed by atoms with Crippen LogP contribution in [0.15, 0.2) is 29.2 Å². The summed E-state index contributed by atoms with van der Waals surface area (Å²) in [7, 11) is -2.01. The monoisotopic (exact) mass is 312 g/mol. The first-order valence-corrected chi connectivity index (χ1v) is 8.77. The number of rotatable bonds is 5. The van der Waals surface area contributed by atoms with Crippen LogP contribution in [-0.4, -0.2) is 27.6 Å². The predicted octanol–water partition coefficient (Wildman–Crippen LogP) is 1.88. The smallest absolute Gasteiger partial charge is 0.241 e. The Morgan fingerprint density at radius 1 is 1.29 bits per heavy atom. The molecule has 2 rings (SSSR count). The van der Waals surface area contributed by atoms with Gasteiger partial charge in [0, 0.05) is 12.1 Å². The number of hydrogen-bond acceptors (Lipinski definition) is 4. The molecular weight excluding hydrogens is 288 g/mol. The van der Waals surface area contributed by atoms with Gasteiger partial charge in [0.25, 0.3) is 0 Å². The number of nitrogens with one attached hydrogen (secondary N) is 1. The number of benzene rings is 1. The predicted molar refractivity (Wildman–Crippen MR) is 82.7 cm³/mol. The Labute approximate surface area is 126 Å². The summed E-state index contributed by atoms with van der Waals surface area (Å²) in [6.07, 6.45) is 3.59. The lowest BCUT2D eigenvalue weighted by Gasteiger charge is -2.38. The van der Waals surface area contributed by atoms with E-state index in [2.05, 4.69) is 11.6 Å². The molecule has 1 aromatic rings. The van der Waals surface area contributed by atoms with Crippen LogP contribution in [0.1, 0.15) is 32.6 Å². The Balaban J connectivity index is 2.18. The second-order valence-corrected chi connectivity index (χ2v) is 7.63. The fourth-order valence-electron chi connectivity index (χ4n) is 2.76.